The summed E-state index contributed by atoms with van der Waals surface area (Å²) in [4.78, 5) is 0. The van der Waals surface area contributed by atoms with E-state index in [0.29, 0.717) is 5.54 Å². The van der Waals surface area contributed by atoms with Crippen molar-refractivity contribution in [1.29, 1.82) is 0 Å². The van der Waals surface area contributed by atoms with Crippen molar-refractivity contribution in [2.45, 2.75) is 12.0 Å². The number of fused-ring (bicyclic) bond motifs is 9. The van der Waals surface area contributed by atoms with Gasteiger partial charge < -0.3 is 0 Å². The summed E-state index contributed by atoms with van der Waals surface area (Å²) in [6.07, 6.45) is 1.01. The minimum atomic E-state index is -2.62. The van der Waals surface area contributed by atoms with Gasteiger partial charge in [-0.1, -0.05) is 140 Å². The van der Waals surface area contributed by atoms with E-state index in [1.807, 2.05) is 0 Å². The first-order chi connectivity index (χ1) is 19.4. The Kier molecular flexibility index (Phi) is 4.28. The second-order valence-electron chi connectivity index (χ2n) is 11.2. The molecule has 0 saturated heterocycles. The SMILES string of the molecule is c1ccc2c(c1)Cc1c-2cccc1[Si]1(C2c3ccccc3-c3ccccc32)c2ccccc2-c2ccccc21. The van der Waals surface area contributed by atoms with Crippen LogP contribution in [0.1, 0.15) is 27.8 Å². The third-order valence-electron chi connectivity index (χ3n) is 9.54. The third kappa shape index (κ3) is 2.63. The predicted octanol–water partition coefficient (Wildman–Crippen LogP) is 7.06. The van der Waals surface area contributed by atoms with Gasteiger partial charge in [-0.15, -0.1) is 0 Å². The van der Waals surface area contributed by atoms with Crippen LogP contribution >= 0.6 is 0 Å². The number of rotatable bonds is 2. The molecule has 1 aliphatic heterocycles. The zero-order chi connectivity index (χ0) is 25.6. The van der Waals surface area contributed by atoms with Gasteiger partial charge in [0.1, 0.15) is 0 Å². The van der Waals surface area contributed by atoms with Crippen LogP contribution in [0.2, 0.25) is 0 Å². The Bertz CT molecular complexity index is 1870. The first-order valence-electron chi connectivity index (χ1n) is 14.0. The molecule has 0 spiro atoms. The minimum absolute atomic E-state index is 0.310. The second-order valence-corrected chi connectivity index (χ2v) is 15.0. The molecule has 0 aromatic heterocycles. The molecule has 0 fully saturated rings. The highest BCUT2D eigenvalue weighted by Gasteiger charge is 2.56. The van der Waals surface area contributed by atoms with Crippen molar-refractivity contribution in [2.24, 2.45) is 0 Å². The molecule has 6 aromatic rings. The molecule has 182 valence electrons. The normalized spacial score (nSPS) is 15.2. The van der Waals surface area contributed by atoms with Gasteiger partial charge in [0.25, 0.3) is 0 Å². The Hall–Kier alpha value is -4.46. The Labute approximate surface area is 230 Å². The smallest absolute Gasteiger partial charge is 0.0623 e. The molecule has 0 bridgehead atoms. The maximum Gasteiger partial charge on any atom is 0.161 e. The fourth-order valence-corrected chi connectivity index (χ4v) is 14.5. The van der Waals surface area contributed by atoms with Crippen LogP contribution in [-0.4, -0.2) is 8.07 Å². The Morgan fingerprint density at radius 1 is 0.385 bits per heavy atom. The first-order valence-corrected chi connectivity index (χ1v) is 16.0. The maximum absolute atomic E-state index is 2.62. The predicted molar refractivity (Wildman–Crippen MR) is 165 cm³/mol. The Morgan fingerprint density at radius 3 is 1.49 bits per heavy atom. The van der Waals surface area contributed by atoms with Gasteiger partial charge in [-0.2, -0.15) is 0 Å². The number of hydrogen-bond donors (Lipinski definition) is 0. The van der Waals surface area contributed by atoms with Gasteiger partial charge in [-0.3, -0.25) is 0 Å². The molecule has 0 amide bonds. The zero-order valence-corrected chi connectivity index (χ0v) is 22.6. The quantitative estimate of drug-likeness (QED) is 0.218. The van der Waals surface area contributed by atoms with E-state index in [9.17, 15) is 0 Å². The first kappa shape index (κ1) is 21.5. The Balaban J connectivity index is 1.47. The number of benzene rings is 6. The molecule has 1 heterocycles. The summed E-state index contributed by atoms with van der Waals surface area (Å²) in [6, 6.07) is 53.3. The third-order valence-corrected chi connectivity index (χ3v) is 14.9. The van der Waals surface area contributed by atoms with E-state index in [0.717, 1.165) is 6.42 Å². The van der Waals surface area contributed by atoms with Crippen LogP contribution in [-0.2, 0) is 6.42 Å². The highest BCUT2D eigenvalue weighted by molar-refractivity contribution is 7.15. The van der Waals surface area contributed by atoms with Crippen molar-refractivity contribution in [3.8, 4) is 33.4 Å². The monoisotopic (exact) mass is 510 g/mol. The molecule has 0 atom stereocenters. The van der Waals surface area contributed by atoms with Gasteiger partial charge in [0, 0.05) is 5.54 Å². The fraction of sp³-hybridized carbons (Fsp3) is 0.0526. The van der Waals surface area contributed by atoms with Crippen LogP contribution in [0.3, 0.4) is 0 Å². The summed E-state index contributed by atoms with van der Waals surface area (Å²) in [5.41, 5.74) is 14.8. The van der Waals surface area contributed by atoms with Crippen LogP contribution in [0.5, 0.6) is 0 Å². The van der Waals surface area contributed by atoms with E-state index in [-0.39, 0.29) is 0 Å². The molecular weight excluding hydrogens is 485 g/mol. The minimum Gasteiger partial charge on any atom is -0.0623 e. The van der Waals surface area contributed by atoms with E-state index in [1.54, 1.807) is 21.1 Å². The van der Waals surface area contributed by atoms with Gasteiger partial charge in [0.05, 0.1) is 0 Å². The molecule has 1 heteroatoms. The average Bonchev–Trinajstić information content (AvgIpc) is 3.64. The number of hydrogen-bond acceptors (Lipinski definition) is 0. The second kappa shape index (κ2) is 7.78. The highest BCUT2D eigenvalue weighted by atomic mass is 28.3. The topological polar surface area (TPSA) is 0 Å². The molecule has 0 unspecified atom stereocenters. The van der Waals surface area contributed by atoms with Crippen LogP contribution in [0.15, 0.2) is 140 Å². The molecule has 0 nitrogen and oxygen atoms in total. The van der Waals surface area contributed by atoms with Crippen molar-refractivity contribution < 1.29 is 0 Å². The van der Waals surface area contributed by atoms with Crippen LogP contribution in [0, 0.1) is 0 Å². The van der Waals surface area contributed by atoms with E-state index in [2.05, 4.69) is 140 Å². The van der Waals surface area contributed by atoms with Crippen molar-refractivity contribution in [3.63, 3.8) is 0 Å². The lowest BCUT2D eigenvalue weighted by molar-refractivity contribution is 1.15. The highest BCUT2D eigenvalue weighted by Crippen LogP contribution is 2.51. The lowest BCUT2D eigenvalue weighted by Crippen LogP contribution is -2.69. The lowest BCUT2D eigenvalue weighted by atomic mass is 10.1. The molecule has 0 radical (unpaired) electrons. The van der Waals surface area contributed by atoms with E-state index < -0.39 is 8.07 Å². The molecule has 39 heavy (non-hydrogen) atoms. The zero-order valence-electron chi connectivity index (χ0n) is 21.6. The van der Waals surface area contributed by atoms with Gasteiger partial charge in [-0.25, -0.2) is 0 Å². The van der Waals surface area contributed by atoms with Gasteiger partial charge in [-0.05, 0) is 77.6 Å². The largest absolute Gasteiger partial charge is 0.161 e. The fourth-order valence-electron chi connectivity index (χ4n) is 8.17. The van der Waals surface area contributed by atoms with Crippen LogP contribution in [0.4, 0.5) is 0 Å². The molecule has 2 aliphatic carbocycles. The molecule has 9 rings (SSSR count). The van der Waals surface area contributed by atoms with E-state index in [1.165, 1.54) is 50.1 Å². The van der Waals surface area contributed by atoms with Gasteiger partial charge >= 0.3 is 0 Å². The summed E-state index contributed by atoms with van der Waals surface area (Å²) in [6.45, 7) is 0. The standard InChI is InChI=1S/C38H26Si/c1-2-13-26-25(12-1)24-34-27(26)20-11-23-37(34)39(35-21-9-7-16-30(35)31-17-8-10-22-36(31)39)38-32-18-5-3-14-28(32)29-15-4-6-19-33(29)38/h1-23,38H,24H2. The molecule has 3 aliphatic rings. The van der Waals surface area contributed by atoms with Crippen LogP contribution < -0.4 is 15.6 Å². The summed E-state index contributed by atoms with van der Waals surface area (Å²) in [5.74, 6) is 0. The van der Waals surface area contributed by atoms with Crippen molar-refractivity contribution >= 4 is 23.6 Å². The molecular formula is C38H26Si. The van der Waals surface area contributed by atoms with E-state index >= 15 is 0 Å². The molecule has 6 aromatic carbocycles. The van der Waals surface area contributed by atoms with E-state index in [4.69, 9.17) is 0 Å². The van der Waals surface area contributed by atoms with Gasteiger partial charge in [0.2, 0.25) is 0 Å². The molecule has 0 N–H and O–H groups in total. The van der Waals surface area contributed by atoms with Crippen molar-refractivity contribution in [3.05, 3.63) is 162 Å². The summed E-state index contributed by atoms with van der Waals surface area (Å²) < 4.78 is 0. The average molecular weight is 511 g/mol. The summed E-state index contributed by atoms with van der Waals surface area (Å²) in [7, 11) is -2.62. The summed E-state index contributed by atoms with van der Waals surface area (Å²) >= 11 is 0. The van der Waals surface area contributed by atoms with Crippen molar-refractivity contribution in [1.82, 2.24) is 0 Å². The van der Waals surface area contributed by atoms with Crippen LogP contribution in [0.25, 0.3) is 33.4 Å². The van der Waals surface area contributed by atoms with Crippen molar-refractivity contribution in [2.75, 3.05) is 0 Å². The maximum atomic E-state index is 2.50. The Morgan fingerprint density at radius 2 is 0.846 bits per heavy atom. The molecule has 0 saturated carbocycles. The van der Waals surface area contributed by atoms with Gasteiger partial charge in [0.15, 0.2) is 8.07 Å². The summed E-state index contributed by atoms with van der Waals surface area (Å²) in [5, 5.41) is 4.71. The lowest BCUT2D eigenvalue weighted by Gasteiger charge is -2.39.